The van der Waals surface area contributed by atoms with Gasteiger partial charge in [0.1, 0.15) is 23.5 Å². The van der Waals surface area contributed by atoms with Gasteiger partial charge in [-0.25, -0.2) is 0 Å². The monoisotopic (exact) mass is 371 g/mol. The van der Waals surface area contributed by atoms with Gasteiger partial charge in [-0.1, -0.05) is 12.5 Å². The second-order valence-electron chi connectivity index (χ2n) is 10.1. The minimum atomic E-state index is -0.903. The van der Waals surface area contributed by atoms with E-state index in [2.05, 4.69) is 7.05 Å². The number of aliphatic hydroxyl groups excluding tert-OH is 1. The molecule has 1 aromatic carbocycles. The molecule has 1 aromatic rings. The molecule has 0 amide bonds. The number of nitrogens with zero attached hydrogens (tertiary/aromatic N) is 1. The van der Waals surface area contributed by atoms with Gasteiger partial charge in [-0.3, -0.25) is 0 Å². The number of rotatable bonds is 2. The van der Waals surface area contributed by atoms with Gasteiger partial charge in [0.15, 0.2) is 0 Å². The van der Waals surface area contributed by atoms with Crippen LogP contribution in [0.4, 0.5) is 0 Å². The van der Waals surface area contributed by atoms with Crippen molar-refractivity contribution in [2.75, 3.05) is 20.1 Å². The second kappa shape index (κ2) is 5.00. The van der Waals surface area contributed by atoms with Crippen LogP contribution in [0.1, 0.15) is 49.7 Å². The Morgan fingerprint density at radius 1 is 1.26 bits per heavy atom. The van der Waals surface area contributed by atoms with E-state index in [1.165, 1.54) is 19.3 Å². The molecule has 2 bridgehead atoms. The number of hydrogen-bond donors (Lipinski definition) is 2. The van der Waals surface area contributed by atoms with E-state index < -0.39 is 23.2 Å². The van der Waals surface area contributed by atoms with Crippen molar-refractivity contribution in [1.82, 2.24) is 0 Å². The maximum absolute atomic E-state index is 12.8. The molecule has 1 saturated heterocycles. The average molecular weight is 371 g/mol. The Morgan fingerprint density at radius 2 is 2.07 bits per heavy atom. The maximum Gasteiger partial charge on any atom is 0.137 e. The van der Waals surface area contributed by atoms with Crippen molar-refractivity contribution in [1.29, 1.82) is 0 Å². The third kappa shape index (κ3) is 1.77. The average Bonchev–Trinajstić information content (AvgIpc) is 2.95. The molecule has 2 aliphatic heterocycles. The molecule has 1 spiro atoms. The molecule has 27 heavy (non-hydrogen) atoms. The Kier molecular flexibility index (Phi) is 3.08. The van der Waals surface area contributed by atoms with Crippen LogP contribution >= 0.6 is 0 Å². The molecular weight excluding hydrogens is 342 g/mol. The van der Waals surface area contributed by atoms with Crippen molar-refractivity contribution in [2.24, 2.45) is 5.92 Å². The van der Waals surface area contributed by atoms with E-state index in [9.17, 15) is 15.3 Å². The quantitative estimate of drug-likeness (QED) is 0.767. The lowest BCUT2D eigenvalue weighted by Gasteiger charge is -2.66. The van der Waals surface area contributed by atoms with Crippen LogP contribution in [0.25, 0.3) is 0 Å². The lowest BCUT2D eigenvalue weighted by Crippen LogP contribution is -2.81. The minimum Gasteiger partial charge on any atom is -0.872 e. The van der Waals surface area contributed by atoms with Gasteiger partial charge >= 0.3 is 0 Å². The van der Waals surface area contributed by atoms with E-state index in [4.69, 9.17) is 4.74 Å². The maximum atomic E-state index is 12.8. The van der Waals surface area contributed by atoms with Gasteiger partial charge < -0.3 is 24.5 Å². The highest BCUT2D eigenvalue weighted by Crippen LogP contribution is 2.65. The van der Waals surface area contributed by atoms with Gasteiger partial charge in [0.2, 0.25) is 0 Å². The Bertz CT molecular complexity index is 823. The first-order chi connectivity index (χ1) is 12.9. The van der Waals surface area contributed by atoms with Crippen LogP contribution in [0, 0.1) is 5.92 Å². The van der Waals surface area contributed by atoms with Gasteiger partial charge in [-0.2, -0.15) is 0 Å². The molecule has 6 rings (SSSR count). The highest BCUT2D eigenvalue weighted by atomic mass is 16.5. The first-order valence-electron chi connectivity index (χ1n) is 10.6. The van der Waals surface area contributed by atoms with Crippen LogP contribution in [0.5, 0.6) is 11.5 Å². The van der Waals surface area contributed by atoms with Crippen LogP contribution in [0.15, 0.2) is 12.1 Å². The first-order valence-corrected chi connectivity index (χ1v) is 10.6. The largest absolute Gasteiger partial charge is 0.872 e. The van der Waals surface area contributed by atoms with Gasteiger partial charge in [-0.15, -0.1) is 5.75 Å². The Balaban J connectivity index is 1.56. The number of quaternary nitrogens is 1. The molecule has 3 fully saturated rings. The number of hydrogen-bond acceptors (Lipinski definition) is 4. The summed E-state index contributed by atoms with van der Waals surface area (Å²) in [6, 6.07) is 3.39. The van der Waals surface area contributed by atoms with Crippen molar-refractivity contribution in [2.45, 2.75) is 74.2 Å². The molecule has 2 heterocycles. The van der Waals surface area contributed by atoms with Gasteiger partial charge in [-0.05, 0) is 37.3 Å². The topological polar surface area (TPSA) is 72.8 Å². The second-order valence-corrected chi connectivity index (χ2v) is 10.1. The predicted octanol–water partition coefficient (Wildman–Crippen LogP) is 1.22. The fourth-order valence-corrected chi connectivity index (χ4v) is 7.51. The molecule has 5 nitrogen and oxygen atoms in total. The van der Waals surface area contributed by atoms with Crippen LogP contribution in [0.3, 0.4) is 0 Å². The van der Waals surface area contributed by atoms with Gasteiger partial charge in [0.25, 0.3) is 0 Å². The standard InChI is InChI=1S/C22H29NO4/c1-23(12-13-3-2-4-13)10-9-21-19-14-11-18(23)22(21,26)8-7-16(25)20(21)27-17(19)6-5-15(14)24/h5-6,13,16,18,20,25-26H,2-4,7-12H2,1H3/t16-,18-,20?,21+,22+,23-/m0/s1. The van der Waals surface area contributed by atoms with Crippen molar-refractivity contribution < 1.29 is 24.5 Å². The van der Waals surface area contributed by atoms with E-state index >= 15 is 0 Å². The van der Waals surface area contributed by atoms with E-state index in [1.807, 2.05) is 0 Å². The summed E-state index contributed by atoms with van der Waals surface area (Å²) < 4.78 is 7.09. The molecule has 146 valence electrons. The van der Waals surface area contributed by atoms with Crippen LogP contribution in [0.2, 0.25) is 0 Å². The fourth-order valence-electron chi connectivity index (χ4n) is 7.51. The minimum absolute atomic E-state index is 0.0130. The third-order valence-corrected chi connectivity index (χ3v) is 8.98. The van der Waals surface area contributed by atoms with Crippen molar-refractivity contribution in [3.05, 3.63) is 23.3 Å². The molecule has 5 aliphatic rings. The Labute approximate surface area is 160 Å². The summed E-state index contributed by atoms with van der Waals surface area (Å²) in [5.74, 6) is 1.54. The molecule has 1 unspecified atom stereocenters. The third-order valence-electron chi connectivity index (χ3n) is 8.98. The van der Waals surface area contributed by atoms with Gasteiger partial charge in [0, 0.05) is 24.3 Å². The molecule has 3 aliphatic carbocycles. The van der Waals surface area contributed by atoms with Crippen LogP contribution in [-0.4, -0.2) is 58.7 Å². The van der Waals surface area contributed by atoms with Crippen molar-refractivity contribution >= 4 is 0 Å². The van der Waals surface area contributed by atoms with Gasteiger partial charge in [0.05, 0.1) is 31.7 Å². The molecule has 2 N–H and O–H groups in total. The number of likely N-dealkylation sites (tertiary alicyclic amines) is 1. The van der Waals surface area contributed by atoms with Crippen molar-refractivity contribution in [3.63, 3.8) is 0 Å². The van der Waals surface area contributed by atoms with Crippen LogP contribution < -0.4 is 9.84 Å². The van der Waals surface area contributed by atoms with Crippen LogP contribution in [-0.2, 0) is 11.8 Å². The zero-order chi connectivity index (χ0) is 18.6. The number of ether oxygens (including phenoxy) is 1. The normalized spacial score (nSPS) is 47.1. The molecule has 5 heteroatoms. The number of likely N-dealkylation sites (N-methyl/N-ethyl adjacent to an activating group) is 1. The fraction of sp³-hybridized carbons (Fsp3) is 0.727. The molecule has 6 atom stereocenters. The summed E-state index contributed by atoms with van der Waals surface area (Å²) in [6.45, 7) is 2.08. The Morgan fingerprint density at radius 3 is 2.81 bits per heavy atom. The Hall–Kier alpha value is -1.30. The van der Waals surface area contributed by atoms with E-state index in [0.29, 0.717) is 19.3 Å². The lowest BCUT2D eigenvalue weighted by molar-refractivity contribution is -0.952. The summed E-state index contributed by atoms with van der Waals surface area (Å²) in [7, 11) is 2.29. The molecule has 0 radical (unpaired) electrons. The summed E-state index contributed by atoms with van der Waals surface area (Å²) in [5, 5.41) is 35.8. The van der Waals surface area contributed by atoms with E-state index in [1.54, 1.807) is 12.1 Å². The molecule has 0 aromatic heterocycles. The lowest BCUT2D eigenvalue weighted by atomic mass is 9.48. The highest BCUT2D eigenvalue weighted by Gasteiger charge is 2.76. The zero-order valence-electron chi connectivity index (χ0n) is 16.0. The predicted molar refractivity (Wildman–Crippen MR) is 97.5 cm³/mol. The summed E-state index contributed by atoms with van der Waals surface area (Å²) in [5.41, 5.74) is 0.263. The summed E-state index contributed by atoms with van der Waals surface area (Å²) in [4.78, 5) is 0. The number of benzene rings is 1. The zero-order valence-corrected chi connectivity index (χ0v) is 16.0. The van der Waals surface area contributed by atoms with Crippen molar-refractivity contribution in [3.8, 4) is 11.5 Å². The first kappa shape index (κ1) is 16.6. The van der Waals surface area contributed by atoms with E-state index in [-0.39, 0.29) is 11.8 Å². The number of piperidine rings is 1. The molecular formula is C22H29NO4. The van der Waals surface area contributed by atoms with E-state index in [0.717, 1.165) is 46.8 Å². The number of aliphatic hydroxyl groups is 2. The molecule has 2 saturated carbocycles. The summed E-state index contributed by atoms with van der Waals surface area (Å²) >= 11 is 0. The summed E-state index contributed by atoms with van der Waals surface area (Å²) in [6.07, 6.45) is 5.49. The highest BCUT2D eigenvalue weighted by molar-refractivity contribution is 5.60. The smallest absolute Gasteiger partial charge is 0.137 e. The SMILES string of the molecule is C[N@@+]1(CC2CCC2)CC[C@]23c4c5ccc([O-])c4C[C@H]1[C@]2(O)CC[C@H](O)C3O5.